The van der Waals surface area contributed by atoms with Crippen LogP contribution in [-0.4, -0.2) is 15.6 Å². The number of carbonyl (C=O) groups is 1. The number of para-hydroxylation sites is 2. The van der Waals surface area contributed by atoms with E-state index in [4.69, 9.17) is 12.2 Å². The van der Waals surface area contributed by atoms with Gasteiger partial charge in [0, 0.05) is 29.2 Å². The van der Waals surface area contributed by atoms with Gasteiger partial charge >= 0.3 is 0 Å². The molecule has 4 nitrogen and oxygen atoms in total. The molecule has 4 rings (SSSR count). The fraction of sp³-hybridized carbons (Fsp3) is 0.100. The summed E-state index contributed by atoms with van der Waals surface area (Å²) in [7, 11) is 0. The molecule has 0 spiro atoms. The van der Waals surface area contributed by atoms with Crippen molar-refractivity contribution in [3.63, 3.8) is 0 Å². The number of benzene rings is 2. The fourth-order valence-electron chi connectivity index (χ4n) is 3.15. The van der Waals surface area contributed by atoms with Crippen LogP contribution in [0.3, 0.4) is 0 Å². The molecule has 5 heteroatoms. The maximum absolute atomic E-state index is 12.8. The summed E-state index contributed by atoms with van der Waals surface area (Å²) in [4.78, 5) is 14.4. The third-order valence-electron chi connectivity index (χ3n) is 4.35. The highest BCUT2D eigenvalue weighted by atomic mass is 32.1. The Morgan fingerprint density at radius 3 is 2.56 bits per heavy atom. The lowest BCUT2D eigenvalue weighted by molar-refractivity contribution is -0.113. The van der Waals surface area contributed by atoms with Crippen LogP contribution >= 0.6 is 12.2 Å². The molecule has 1 aromatic heterocycles. The smallest absolute Gasteiger partial charge is 0.281 e. The normalized spacial score (nSPS) is 16.0. The molecule has 1 amide bonds. The molecule has 0 bridgehead atoms. The second kappa shape index (κ2) is 6.18. The first-order valence-corrected chi connectivity index (χ1v) is 8.60. The van der Waals surface area contributed by atoms with E-state index in [2.05, 4.69) is 35.1 Å². The van der Waals surface area contributed by atoms with Gasteiger partial charge in [0.1, 0.15) is 5.70 Å². The summed E-state index contributed by atoms with van der Waals surface area (Å²) in [6.07, 6.45) is 3.95. The second-order valence-corrected chi connectivity index (χ2v) is 6.24. The van der Waals surface area contributed by atoms with Crippen LogP contribution in [0.5, 0.6) is 0 Å². The van der Waals surface area contributed by atoms with Crippen molar-refractivity contribution in [3.8, 4) is 0 Å². The largest absolute Gasteiger partial charge is 0.347 e. The molecule has 0 unspecified atom stereocenters. The number of carbonyl (C=O) groups excluding carboxylic acids is 1. The number of aryl methyl sites for hydroxylation is 1. The van der Waals surface area contributed by atoms with Gasteiger partial charge < -0.3 is 9.88 Å². The molecule has 1 N–H and O–H groups in total. The Bertz CT molecular complexity index is 1000. The lowest BCUT2D eigenvalue weighted by Crippen LogP contribution is -2.30. The van der Waals surface area contributed by atoms with Gasteiger partial charge in [0.05, 0.1) is 5.69 Å². The molecule has 1 fully saturated rings. The molecule has 1 aliphatic heterocycles. The Hall–Kier alpha value is -2.92. The summed E-state index contributed by atoms with van der Waals surface area (Å²) in [6, 6.07) is 17.6. The van der Waals surface area contributed by atoms with Crippen LogP contribution in [0, 0.1) is 0 Å². The van der Waals surface area contributed by atoms with Gasteiger partial charge in [-0.3, -0.25) is 9.69 Å². The topological polar surface area (TPSA) is 37.3 Å². The van der Waals surface area contributed by atoms with Crippen LogP contribution in [-0.2, 0) is 11.3 Å². The van der Waals surface area contributed by atoms with Gasteiger partial charge in [-0.15, -0.1) is 0 Å². The molecule has 0 saturated carbocycles. The number of thiocarbonyl (C=S) groups is 1. The van der Waals surface area contributed by atoms with E-state index in [-0.39, 0.29) is 5.91 Å². The monoisotopic (exact) mass is 347 g/mol. The zero-order valence-corrected chi connectivity index (χ0v) is 14.6. The van der Waals surface area contributed by atoms with E-state index in [1.54, 1.807) is 0 Å². The number of anilines is 1. The van der Waals surface area contributed by atoms with Gasteiger partial charge in [-0.1, -0.05) is 36.4 Å². The van der Waals surface area contributed by atoms with Crippen LogP contribution in [0.25, 0.3) is 17.0 Å². The van der Waals surface area contributed by atoms with E-state index in [0.717, 1.165) is 28.7 Å². The Labute approximate surface area is 151 Å². The predicted octanol–water partition coefficient (Wildman–Crippen LogP) is 3.92. The molecule has 124 valence electrons. The van der Waals surface area contributed by atoms with E-state index < -0.39 is 0 Å². The molecule has 1 aliphatic rings. The zero-order chi connectivity index (χ0) is 17.4. The van der Waals surface area contributed by atoms with Gasteiger partial charge in [0.25, 0.3) is 5.91 Å². The molecule has 0 aliphatic carbocycles. The van der Waals surface area contributed by atoms with Crippen molar-refractivity contribution in [3.05, 3.63) is 72.1 Å². The van der Waals surface area contributed by atoms with Crippen LogP contribution in [0.1, 0.15) is 12.5 Å². The first-order valence-electron chi connectivity index (χ1n) is 8.19. The van der Waals surface area contributed by atoms with E-state index in [9.17, 15) is 4.79 Å². The van der Waals surface area contributed by atoms with Crippen molar-refractivity contribution in [2.75, 3.05) is 4.90 Å². The van der Waals surface area contributed by atoms with Crippen LogP contribution in [0.4, 0.5) is 5.69 Å². The standard InChI is InChI=1S/C20H17N3OS/c1-2-22-13-14(16-10-6-7-11-18(16)22)12-17-19(24)23(20(25)21-17)15-8-4-3-5-9-15/h3-13H,2H2,1H3,(H,21,25)/b17-12-. The number of hydrogen-bond donors (Lipinski definition) is 1. The first-order chi connectivity index (χ1) is 12.2. The van der Waals surface area contributed by atoms with Gasteiger partial charge in [-0.05, 0) is 43.4 Å². The lowest BCUT2D eigenvalue weighted by atomic mass is 10.1. The van der Waals surface area contributed by atoms with Crippen molar-refractivity contribution in [2.24, 2.45) is 0 Å². The van der Waals surface area contributed by atoms with Crippen LogP contribution in [0.15, 0.2) is 66.5 Å². The molecule has 2 heterocycles. The van der Waals surface area contributed by atoms with Gasteiger partial charge in [-0.2, -0.15) is 0 Å². The Balaban J connectivity index is 1.76. The summed E-state index contributed by atoms with van der Waals surface area (Å²) in [5, 5.41) is 4.58. The van der Waals surface area contributed by atoms with E-state index in [1.807, 2.05) is 48.5 Å². The number of amides is 1. The average Bonchev–Trinajstić information content (AvgIpc) is 3.13. The number of hydrogen-bond acceptors (Lipinski definition) is 2. The van der Waals surface area contributed by atoms with Crippen molar-refractivity contribution < 1.29 is 4.79 Å². The van der Waals surface area contributed by atoms with E-state index in [1.165, 1.54) is 4.90 Å². The van der Waals surface area contributed by atoms with Crippen LogP contribution < -0.4 is 10.2 Å². The third-order valence-corrected chi connectivity index (χ3v) is 4.64. The quantitative estimate of drug-likeness (QED) is 0.576. The summed E-state index contributed by atoms with van der Waals surface area (Å²) in [6.45, 7) is 2.98. The minimum atomic E-state index is -0.135. The number of nitrogens with one attached hydrogen (secondary N) is 1. The fourth-order valence-corrected chi connectivity index (χ4v) is 3.45. The van der Waals surface area contributed by atoms with E-state index in [0.29, 0.717) is 10.8 Å². The molecule has 2 aromatic carbocycles. The predicted molar refractivity (Wildman–Crippen MR) is 105 cm³/mol. The zero-order valence-electron chi connectivity index (χ0n) is 13.8. The minimum Gasteiger partial charge on any atom is -0.347 e. The first kappa shape index (κ1) is 15.6. The Kier molecular flexibility index (Phi) is 3.86. The summed E-state index contributed by atoms with van der Waals surface area (Å²) in [5.41, 5.74) is 3.42. The maximum Gasteiger partial charge on any atom is 0.281 e. The SMILES string of the molecule is CCn1cc(/C=C2\NC(=S)N(c3ccccc3)C2=O)c2ccccc21. The molecule has 25 heavy (non-hydrogen) atoms. The maximum atomic E-state index is 12.8. The van der Waals surface area contributed by atoms with Crippen molar-refractivity contribution >= 4 is 45.9 Å². The summed E-state index contributed by atoms with van der Waals surface area (Å²) < 4.78 is 2.18. The number of nitrogens with zero attached hydrogens (tertiary/aromatic N) is 2. The molecule has 0 radical (unpaired) electrons. The molecule has 1 saturated heterocycles. The highest BCUT2D eigenvalue weighted by molar-refractivity contribution is 7.80. The molecule has 0 atom stereocenters. The molecular weight excluding hydrogens is 330 g/mol. The highest BCUT2D eigenvalue weighted by Crippen LogP contribution is 2.26. The molecular formula is C20H17N3OS. The van der Waals surface area contributed by atoms with Gasteiger partial charge in [0.2, 0.25) is 0 Å². The van der Waals surface area contributed by atoms with Gasteiger partial charge in [0.15, 0.2) is 5.11 Å². The Morgan fingerprint density at radius 1 is 1.08 bits per heavy atom. The number of fused-ring (bicyclic) bond motifs is 1. The lowest BCUT2D eigenvalue weighted by Gasteiger charge is -2.13. The number of aromatic nitrogens is 1. The highest BCUT2D eigenvalue weighted by Gasteiger charge is 2.32. The third kappa shape index (κ3) is 2.62. The summed E-state index contributed by atoms with van der Waals surface area (Å²) in [5.74, 6) is -0.135. The van der Waals surface area contributed by atoms with Crippen molar-refractivity contribution in [2.45, 2.75) is 13.5 Å². The van der Waals surface area contributed by atoms with Crippen molar-refractivity contribution in [1.82, 2.24) is 9.88 Å². The Morgan fingerprint density at radius 2 is 1.80 bits per heavy atom. The second-order valence-electron chi connectivity index (χ2n) is 5.85. The molecule has 3 aromatic rings. The average molecular weight is 347 g/mol. The van der Waals surface area contributed by atoms with E-state index >= 15 is 0 Å². The van der Waals surface area contributed by atoms with Crippen molar-refractivity contribution in [1.29, 1.82) is 0 Å². The summed E-state index contributed by atoms with van der Waals surface area (Å²) >= 11 is 5.36. The van der Waals surface area contributed by atoms with Crippen LogP contribution in [0.2, 0.25) is 0 Å². The van der Waals surface area contributed by atoms with Gasteiger partial charge in [-0.25, -0.2) is 0 Å². The minimum absolute atomic E-state index is 0.135. The number of rotatable bonds is 3.